The monoisotopic (exact) mass is 273 g/mol. The number of rotatable bonds is 6. The van der Waals surface area contributed by atoms with E-state index in [0.717, 1.165) is 18.2 Å². The van der Waals surface area contributed by atoms with E-state index in [2.05, 4.69) is 31.0 Å². The first-order valence-corrected chi connectivity index (χ1v) is 7.84. The maximum atomic E-state index is 5.49. The maximum absolute atomic E-state index is 5.49. The molecule has 0 spiro atoms. The largest absolute Gasteiger partial charge is 0.490 e. The van der Waals surface area contributed by atoms with Crippen LogP contribution in [0.3, 0.4) is 0 Å². The van der Waals surface area contributed by atoms with Crippen LogP contribution in [-0.2, 0) is 6.54 Å². The summed E-state index contributed by atoms with van der Waals surface area (Å²) in [5, 5.41) is 3.70. The van der Waals surface area contributed by atoms with Gasteiger partial charge in [-0.2, -0.15) is 0 Å². The van der Waals surface area contributed by atoms with Crippen molar-refractivity contribution >= 4 is 0 Å². The van der Waals surface area contributed by atoms with Crippen LogP contribution < -0.4 is 10.1 Å². The van der Waals surface area contributed by atoms with Crippen LogP contribution in [0, 0.1) is 5.92 Å². The van der Waals surface area contributed by atoms with E-state index in [0.29, 0.717) is 12.6 Å². The highest BCUT2D eigenvalue weighted by atomic mass is 16.5. The molecule has 0 bridgehead atoms. The highest BCUT2D eigenvalue weighted by Crippen LogP contribution is 2.23. The summed E-state index contributed by atoms with van der Waals surface area (Å²) in [5.74, 6) is 1.82. The quantitative estimate of drug-likeness (QED) is 0.616. The molecule has 2 heteroatoms. The van der Waals surface area contributed by atoms with E-state index in [1.54, 1.807) is 6.08 Å². The van der Waals surface area contributed by atoms with Crippen LogP contribution in [0.15, 0.2) is 36.9 Å². The van der Waals surface area contributed by atoms with Crippen molar-refractivity contribution in [2.75, 3.05) is 6.61 Å². The zero-order chi connectivity index (χ0) is 14.2. The van der Waals surface area contributed by atoms with E-state index in [4.69, 9.17) is 4.74 Å². The SMILES string of the molecule is C=CCOc1ccc(CNC2CCCC(C)CC2)cc1. The molecule has 1 aromatic carbocycles. The molecule has 2 rings (SSSR count). The van der Waals surface area contributed by atoms with Crippen LogP contribution in [0.25, 0.3) is 0 Å². The third kappa shape index (κ3) is 5.01. The van der Waals surface area contributed by atoms with Crippen molar-refractivity contribution in [1.29, 1.82) is 0 Å². The number of benzene rings is 1. The third-order valence-corrected chi connectivity index (χ3v) is 4.14. The summed E-state index contributed by atoms with van der Waals surface area (Å²) in [6.07, 6.45) is 8.54. The fourth-order valence-corrected chi connectivity index (χ4v) is 2.81. The predicted molar refractivity (Wildman–Crippen MR) is 85.0 cm³/mol. The maximum Gasteiger partial charge on any atom is 0.119 e. The molecule has 1 N–H and O–H groups in total. The van der Waals surface area contributed by atoms with Crippen LogP contribution >= 0.6 is 0 Å². The van der Waals surface area contributed by atoms with Gasteiger partial charge in [0.05, 0.1) is 0 Å². The van der Waals surface area contributed by atoms with Crippen molar-refractivity contribution in [2.45, 2.75) is 51.6 Å². The average Bonchev–Trinajstić information content (AvgIpc) is 2.68. The topological polar surface area (TPSA) is 21.3 Å². The lowest BCUT2D eigenvalue weighted by molar-refractivity contribution is 0.363. The summed E-state index contributed by atoms with van der Waals surface area (Å²) in [6.45, 7) is 7.56. The lowest BCUT2D eigenvalue weighted by atomic mass is 10.0. The van der Waals surface area contributed by atoms with Gasteiger partial charge in [0, 0.05) is 12.6 Å². The van der Waals surface area contributed by atoms with Crippen molar-refractivity contribution < 1.29 is 4.74 Å². The van der Waals surface area contributed by atoms with Crippen LogP contribution in [0.5, 0.6) is 5.75 Å². The Hall–Kier alpha value is -1.28. The molecule has 1 aromatic rings. The van der Waals surface area contributed by atoms with Gasteiger partial charge in [0.2, 0.25) is 0 Å². The van der Waals surface area contributed by atoms with Gasteiger partial charge >= 0.3 is 0 Å². The normalized spacial score (nSPS) is 23.1. The highest BCUT2D eigenvalue weighted by molar-refractivity contribution is 5.27. The van der Waals surface area contributed by atoms with Crippen molar-refractivity contribution in [3.05, 3.63) is 42.5 Å². The van der Waals surface area contributed by atoms with Gasteiger partial charge in [-0.25, -0.2) is 0 Å². The fraction of sp³-hybridized carbons (Fsp3) is 0.556. The van der Waals surface area contributed by atoms with Crippen LogP contribution in [0.4, 0.5) is 0 Å². The van der Waals surface area contributed by atoms with Crippen LogP contribution in [-0.4, -0.2) is 12.6 Å². The summed E-state index contributed by atoms with van der Waals surface area (Å²) in [7, 11) is 0. The minimum Gasteiger partial charge on any atom is -0.490 e. The van der Waals surface area contributed by atoms with Crippen LogP contribution in [0.2, 0.25) is 0 Å². The minimum absolute atomic E-state index is 0.567. The molecule has 1 saturated carbocycles. The Bertz CT molecular complexity index is 398. The smallest absolute Gasteiger partial charge is 0.119 e. The Morgan fingerprint density at radius 2 is 2.00 bits per heavy atom. The van der Waals surface area contributed by atoms with Gasteiger partial charge in [-0.05, 0) is 42.9 Å². The fourth-order valence-electron chi connectivity index (χ4n) is 2.81. The molecule has 0 aromatic heterocycles. The summed E-state index contributed by atoms with van der Waals surface area (Å²) >= 11 is 0. The number of hydrogen-bond acceptors (Lipinski definition) is 2. The van der Waals surface area contributed by atoms with Gasteiger partial charge in [-0.15, -0.1) is 0 Å². The van der Waals surface area contributed by atoms with Gasteiger partial charge < -0.3 is 10.1 Å². The molecule has 2 unspecified atom stereocenters. The number of nitrogens with one attached hydrogen (secondary N) is 1. The Morgan fingerprint density at radius 3 is 2.75 bits per heavy atom. The molecule has 0 heterocycles. The van der Waals surface area contributed by atoms with Crippen molar-refractivity contribution in [3.63, 3.8) is 0 Å². The lowest BCUT2D eigenvalue weighted by Crippen LogP contribution is -2.27. The molecule has 2 atom stereocenters. The van der Waals surface area contributed by atoms with E-state index in [1.165, 1.54) is 37.7 Å². The summed E-state index contributed by atoms with van der Waals surface area (Å²) < 4.78 is 5.49. The first-order chi connectivity index (χ1) is 9.78. The van der Waals surface area contributed by atoms with Crippen molar-refractivity contribution in [1.82, 2.24) is 5.32 Å². The molecule has 2 nitrogen and oxygen atoms in total. The molecule has 1 aliphatic rings. The number of ether oxygens (including phenoxy) is 1. The van der Waals surface area contributed by atoms with E-state index >= 15 is 0 Å². The second kappa shape index (κ2) is 8.11. The van der Waals surface area contributed by atoms with Gasteiger partial charge in [0.15, 0.2) is 0 Å². The molecule has 1 fully saturated rings. The molecular weight excluding hydrogens is 246 g/mol. The molecule has 0 amide bonds. The van der Waals surface area contributed by atoms with Gasteiger partial charge in [-0.3, -0.25) is 0 Å². The summed E-state index contributed by atoms with van der Waals surface area (Å²) in [5.41, 5.74) is 1.33. The van der Waals surface area contributed by atoms with E-state index in [-0.39, 0.29) is 0 Å². The first kappa shape index (κ1) is 15.1. The first-order valence-electron chi connectivity index (χ1n) is 7.84. The lowest BCUT2D eigenvalue weighted by Gasteiger charge is -2.16. The van der Waals surface area contributed by atoms with Crippen molar-refractivity contribution in [2.24, 2.45) is 5.92 Å². The Kier molecular flexibility index (Phi) is 6.13. The Balaban J connectivity index is 1.77. The Labute approximate surface area is 123 Å². The second-order valence-electron chi connectivity index (χ2n) is 5.93. The van der Waals surface area contributed by atoms with E-state index < -0.39 is 0 Å². The van der Waals surface area contributed by atoms with Crippen molar-refractivity contribution in [3.8, 4) is 5.75 Å². The minimum atomic E-state index is 0.567. The molecule has 110 valence electrons. The molecular formula is C18H27NO. The van der Waals surface area contributed by atoms with Gasteiger partial charge in [-0.1, -0.05) is 44.6 Å². The van der Waals surface area contributed by atoms with E-state index in [1.807, 2.05) is 12.1 Å². The van der Waals surface area contributed by atoms with Crippen LogP contribution in [0.1, 0.15) is 44.6 Å². The molecule has 0 aliphatic heterocycles. The standard InChI is InChI=1S/C18H27NO/c1-3-13-20-18-11-8-16(9-12-18)14-19-17-6-4-5-15(2)7-10-17/h3,8-9,11-12,15,17,19H,1,4-7,10,13-14H2,2H3. The molecule has 1 aliphatic carbocycles. The van der Waals surface area contributed by atoms with E-state index in [9.17, 15) is 0 Å². The molecule has 0 radical (unpaired) electrons. The Morgan fingerprint density at radius 1 is 1.20 bits per heavy atom. The molecule has 0 saturated heterocycles. The average molecular weight is 273 g/mol. The second-order valence-corrected chi connectivity index (χ2v) is 5.93. The summed E-state index contributed by atoms with van der Waals surface area (Å²) in [6, 6.07) is 9.05. The zero-order valence-corrected chi connectivity index (χ0v) is 12.6. The number of hydrogen-bond donors (Lipinski definition) is 1. The predicted octanol–water partition coefficient (Wildman–Crippen LogP) is 4.31. The highest BCUT2D eigenvalue weighted by Gasteiger charge is 2.15. The summed E-state index contributed by atoms with van der Waals surface area (Å²) in [4.78, 5) is 0. The van der Waals surface area contributed by atoms with Gasteiger partial charge in [0.1, 0.15) is 12.4 Å². The third-order valence-electron chi connectivity index (χ3n) is 4.14. The molecule has 20 heavy (non-hydrogen) atoms. The zero-order valence-electron chi connectivity index (χ0n) is 12.6. The van der Waals surface area contributed by atoms with Gasteiger partial charge in [0.25, 0.3) is 0 Å².